The van der Waals surface area contributed by atoms with E-state index < -0.39 is 29.2 Å². The fraction of sp³-hybridized carbons (Fsp3) is 0.576. The molecule has 1 aromatic carbocycles. The Balaban J connectivity index is 1.20. The van der Waals surface area contributed by atoms with Crippen molar-refractivity contribution in [2.75, 3.05) is 50.8 Å². The summed E-state index contributed by atoms with van der Waals surface area (Å²) in [4.78, 5) is 38.3. The molecule has 254 valence electrons. The molecule has 4 aliphatic heterocycles. The Kier molecular flexibility index (Phi) is 10.00. The number of nitrogens with zero attached hydrogens (tertiary/aromatic N) is 4. The van der Waals surface area contributed by atoms with E-state index in [-0.39, 0.29) is 29.4 Å². The van der Waals surface area contributed by atoms with E-state index in [9.17, 15) is 22.8 Å². The first-order valence-electron chi connectivity index (χ1n) is 16.2. The van der Waals surface area contributed by atoms with Crippen LogP contribution in [-0.2, 0) is 15.7 Å². The average molecular weight is 675 g/mol. The molecule has 4 aliphatic rings. The van der Waals surface area contributed by atoms with Gasteiger partial charge in [-0.3, -0.25) is 9.69 Å². The number of rotatable bonds is 9. The van der Waals surface area contributed by atoms with E-state index in [0.717, 1.165) is 56.0 Å². The maximum atomic E-state index is 14.3. The topological polar surface area (TPSA) is 109 Å². The van der Waals surface area contributed by atoms with Crippen molar-refractivity contribution in [2.45, 2.75) is 63.7 Å². The Hall–Kier alpha value is -3.36. The molecule has 2 atom stereocenters. The zero-order chi connectivity index (χ0) is 33.2. The van der Waals surface area contributed by atoms with E-state index in [1.165, 1.54) is 24.0 Å². The van der Waals surface area contributed by atoms with Crippen LogP contribution in [0.5, 0.6) is 5.75 Å². The first-order chi connectivity index (χ1) is 22.5. The number of aldehydes is 1. The molecule has 0 spiro atoms. The van der Waals surface area contributed by atoms with E-state index in [1.54, 1.807) is 12.3 Å². The van der Waals surface area contributed by atoms with Gasteiger partial charge in [0.1, 0.15) is 29.7 Å². The number of benzene rings is 1. The lowest BCUT2D eigenvalue weighted by Crippen LogP contribution is -2.41. The van der Waals surface area contributed by atoms with Crippen LogP contribution in [0.25, 0.3) is 5.70 Å². The van der Waals surface area contributed by atoms with Crippen LogP contribution in [0.3, 0.4) is 0 Å². The van der Waals surface area contributed by atoms with Crippen LogP contribution < -0.4 is 20.3 Å². The number of hydrogen-bond acceptors (Lipinski definition) is 10. The smallest absolute Gasteiger partial charge is 0.419 e. The van der Waals surface area contributed by atoms with Crippen LogP contribution in [0, 0.1) is 11.3 Å². The first kappa shape index (κ1) is 33.5. The summed E-state index contributed by atoms with van der Waals surface area (Å²) >= 11 is 1.38. The Bertz CT molecular complexity index is 1470. The number of hydrogen-bond donors (Lipinski definition) is 2. The molecule has 1 aromatic heterocycles. The molecular formula is C33H41F3N6O4S. The Morgan fingerprint density at radius 3 is 2.66 bits per heavy atom. The molecule has 10 nitrogen and oxygen atoms in total. The molecule has 0 saturated carbocycles. The van der Waals surface area contributed by atoms with Crippen LogP contribution in [-0.4, -0.2) is 84.6 Å². The molecule has 5 heterocycles. The highest BCUT2D eigenvalue weighted by Gasteiger charge is 2.38. The van der Waals surface area contributed by atoms with Crippen LogP contribution in [0.2, 0.25) is 0 Å². The fourth-order valence-corrected chi connectivity index (χ4v) is 7.78. The van der Waals surface area contributed by atoms with Gasteiger partial charge in [0.2, 0.25) is 0 Å². The van der Waals surface area contributed by atoms with Crippen molar-refractivity contribution in [3.63, 3.8) is 0 Å². The highest BCUT2D eigenvalue weighted by molar-refractivity contribution is 8.04. The summed E-state index contributed by atoms with van der Waals surface area (Å²) in [6, 6.07) is 4.14. The second-order valence-corrected chi connectivity index (χ2v) is 14.6. The third-order valence-electron chi connectivity index (χ3n) is 9.11. The average Bonchev–Trinajstić information content (AvgIpc) is 3.70. The second-order valence-electron chi connectivity index (χ2n) is 13.4. The number of amides is 1. The Morgan fingerprint density at radius 1 is 1.19 bits per heavy atom. The van der Waals surface area contributed by atoms with Gasteiger partial charge in [0.25, 0.3) is 5.91 Å². The van der Waals surface area contributed by atoms with Gasteiger partial charge in [-0.2, -0.15) is 13.2 Å². The quantitative estimate of drug-likeness (QED) is 0.356. The van der Waals surface area contributed by atoms with Crippen LogP contribution in [0.4, 0.5) is 19.0 Å². The lowest BCUT2D eigenvalue weighted by molar-refractivity contribution is -0.139. The number of thioether (sulfide) groups is 1. The zero-order valence-corrected chi connectivity index (χ0v) is 27.5. The predicted molar refractivity (Wildman–Crippen MR) is 173 cm³/mol. The summed E-state index contributed by atoms with van der Waals surface area (Å²) in [5.74, 6) is 0.0290. The molecule has 2 N–H and O–H groups in total. The lowest BCUT2D eigenvalue weighted by atomic mass is 9.84. The summed E-state index contributed by atoms with van der Waals surface area (Å²) in [6.07, 6.45) is 3.10. The van der Waals surface area contributed by atoms with Gasteiger partial charge in [-0.1, -0.05) is 25.6 Å². The molecule has 2 aromatic rings. The molecule has 0 bridgehead atoms. The Morgan fingerprint density at radius 2 is 2.00 bits per heavy atom. The van der Waals surface area contributed by atoms with E-state index in [4.69, 9.17) is 9.47 Å². The molecule has 0 radical (unpaired) electrons. The van der Waals surface area contributed by atoms with Gasteiger partial charge in [-0.15, -0.1) is 0 Å². The number of alkyl halides is 3. The molecule has 47 heavy (non-hydrogen) atoms. The largest absolute Gasteiger partial charge is 0.487 e. The molecule has 6 rings (SSSR count). The van der Waals surface area contributed by atoms with Gasteiger partial charge in [0.05, 0.1) is 36.9 Å². The third-order valence-corrected chi connectivity index (χ3v) is 10.2. The molecule has 14 heteroatoms. The summed E-state index contributed by atoms with van der Waals surface area (Å²) in [5.41, 5.74) is -0.308. The molecule has 0 aliphatic carbocycles. The number of aromatic nitrogens is 2. The van der Waals surface area contributed by atoms with Crippen molar-refractivity contribution in [2.24, 2.45) is 11.3 Å². The molecule has 1 amide bonds. The maximum absolute atomic E-state index is 14.3. The molecule has 3 fully saturated rings. The van der Waals surface area contributed by atoms with Gasteiger partial charge >= 0.3 is 6.18 Å². The highest BCUT2D eigenvalue weighted by Crippen LogP contribution is 2.42. The van der Waals surface area contributed by atoms with Gasteiger partial charge in [-0.25, -0.2) is 9.97 Å². The summed E-state index contributed by atoms with van der Waals surface area (Å²) in [5, 5.41) is 6.22. The summed E-state index contributed by atoms with van der Waals surface area (Å²) < 4.78 is 54.0. The monoisotopic (exact) mass is 674 g/mol. The van der Waals surface area contributed by atoms with E-state index >= 15 is 0 Å². The van der Waals surface area contributed by atoms with Gasteiger partial charge in [-0.05, 0) is 61.4 Å². The number of carbonyl (C=O) groups excluding carboxylic acids is 2. The predicted octanol–water partition coefficient (Wildman–Crippen LogP) is 4.92. The highest BCUT2D eigenvalue weighted by atomic mass is 32.2. The number of nitrogens with one attached hydrogen (secondary N) is 2. The molecule has 3 saturated heterocycles. The van der Waals surface area contributed by atoms with Crippen molar-refractivity contribution < 1.29 is 32.2 Å². The number of carbonyl (C=O) groups is 2. The van der Waals surface area contributed by atoms with Crippen LogP contribution >= 0.6 is 11.8 Å². The zero-order valence-electron chi connectivity index (χ0n) is 26.6. The molecular weight excluding hydrogens is 633 g/mol. The van der Waals surface area contributed by atoms with Crippen molar-refractivity contribution in [1.82, 2.24) is 25.5 Å². The van der Waals surface area contributed by atoms with Crippen molar-refractivity contribution in [1.29, 1.82) is 0 Å². The number of anilines is 1. The number of likely N-dealkylation sites (tertiary alicyclic amines) is 1. The number of ether oxygens (including phenoxy) is 2. The van der Waals surface area contributed by atoms with E-state index in [1.807, 2.05) is 4.90 Å². The third kappa shape index (κ3) is 8.21. The van der Waals surface area contributed by atoms with Gasteiger partial charge < -0.3 is 29.8 Å². The van der Waals surface area contributed by atoms with Crippen molar-refractivity contribution in [3.05, 3.63) is 52.3 Å². The minimum absolute atomic E-state index is 0.0591. The fourth-order valence-electron chi connectivity index (χ4n) is 6.61. The maximum Gasteiger partial charge on any atom is 0.419 e. The minimum atomic E-state index is -4.63. The van der Waals surface area contributed by atoms with Crippen LogP contribution in [0.15, 0.2) is 35.5 Å². The normalized spacial score (nSPS) is 23.9. The number of piperidine rings is 2. The Labute approximate surface area is 276 Å². The number of halogens is 3. The van der Waals surface area contributed by atoms with Gasteiger partial charge in [0, 0.05) is 43.4 Å². The van der Waals surface area contributed by atoms with Gasteiger partial charge in [0.15, 0.2) is 5.50 Å². The molecule has 2 unspecified atom stereocenters. The minimum Gasteiger partial charge on any atom is -0.487 e. The summed E-state index contributed by atoms with van der Waals surface area (Å²) in [7, 11) is 0. The second kappa shape index (κ2) is 14.0. The first-order valence-corrected chi connectivity index (χ1v) is 17.0. The lowest BCUT2D eigenvalue weighted by Gasteiger charge is -2.38. The van der Waals surface area contributed by atoms with E-state index in [0.29, 0.717) is 49.7 Å². The standard InChI is InChI=1S/C33H41F3N6O4S/c1-32(2)9-3-10-41(20-32)17-27-29(22-4-5-26(24(14-22)33(34,35)36)46-23-8-13-45-19-23)39-31(47-27)40-30(44)25-15-38-28(16-37-25)42-11-6-21(18-43)7-12-42/h4-5,14-16,18,21,23,31,39H,3,6-13,17,19-20H2,1-2H3,(H,40,44). The van der Waals surface area contributed by atoms with E-state index in [2.05, 4.69) is 39.3 Å². The SMILES string of the molecule is CC1(C)CCCN(CC2=C(c3ccc(OC4CCOC4)c(C(F)(F)F)c3)NC(NC(=O)c3cnc(N4CCC(C=O)CC4)cn3)S2)C1. The van der Waals surface area contributed by atoms with Crippen molar-refractivity contribution in [3.8, 4) is 5.75 Å². The van der Waals surface area contributed by atoms with Crippen LogP contribution in [0.1, 0.15) is 67.6 Å². The summed E-state index contributed by atoms with van der Waals surface area (Å²) in [6.45, 7) is 8.83. The van der Waals surface area contributed by atoms with Crippen molar-refractivity contribution >= 4 is 35.5 Å².